The molecule has 0 aliphatic heterocycles. The van der Waals surface area contributed by atoms with Crippen LogP contribution < -0.4 is 0 Å². The quantitative estimate of drug-likeness (QED) is 0.817. The highest BCUT2D eigenvalue weighted by Crippen LogP contribution is 2.45. The Morgan fingerprint density at radius 2 is 1.76 bits per heavy atom. The van der Waals surface area contributed by atoms with Crippen molar-refractivity contribution >= 4 is 5.97 Å². The number of hydrogen-bond donors (Lipinski definition) is 1. The first kappa shape index (κ1) is 17.7. The third kappa shape index (κ3) is 3.47. The van der Waals surface area contributed by atoms with Gasteiger partial charge in [-0.1, -0.05) is 61.9 Å². The van der Waals surface area contributed by atoms with Gasteiger partial charge in [0.15, 0.2) is 0 Å². The van der Waals surface area contributed by atoms with E-state index in [9.17, 15) is 9.90 Å². The summed E-state index contributed by atoms with van der Waals surface area (Å²) in [6.07, 6.45) is 3.44. The maximum absolute atomic E-state index is 12.6. The Morgan fingerprint density at radius 1 is 1.12 bits per heavy atom. The van der Waals surface area contributed by atoms with Crippen molar-refractivity contribution in [3.05, 3.63) is 71.8 Å². The van der Waals surface area contributed by atoms with Crippen molar-refractivity contribution in [3.63, 3.8) is 0 Å². The number of carbonyl (C=O) groups excluding carboxylic acids is 1. The Hall–Kier alpha value is -2.13. The molecule has 132 valence electrons. The Balaban J connectivity index is 1.95. The summed E-state index contributed by atoms with van der Waals surface area (Å²) in [5, 5.41) is 10.9. The number of benzene rings is 2. The van der Waals surface area contributed by atoms with Gasteiger partial charge in [0.2, 0.25) is 0 Å². The highest BCUT2D eigenvalue weighted by molar-refractivity contribution is 5.89. The molecule has 2 aromatic carbocycles. The topological polar surface area (TPSA) is 46.5 Å². The van der Waals surface area contributed by atoms with E-state index in [0.717, 1.165) is 31.2 Å². The van der Waals surface area contributed by atoms with Gasteiger partial charge in [0.25, 0.3) is 0 Å². The van der Waals surface area contributed by atoms with Crippen molar-refractivity contribution in [1.82, 2.24) is 0 Å². The van der Waals surface area contributed by atoms with Gasteiger partial charge in [-0.05, 0) is 43.4 Å². The monoisotopic (exact) mass is 338 g/mol. The highest BCUT2D eigenvalue weighted by Gasteiger charge is 2.49. The fourth-order valence-electron chi connectivity index (χ4n) is 4.12. The average molecular weight is 338 g/mol. The summed E-state index contributed by atoms with van der Waals surface area (Å²) >= 11 is 0. The fourth-order valence-corrected chi connectivity index (χ4v) is 4.12. The predicted octanol–water partition coefficient (Wildman–Crippen LogP) is 4.49. The second kappa shape index (κ2) is 7.83. The first-order valence-corrected chi connectivity index (χ1v) is 9.18. The predicted molar refractivity (Wildman–Crippen MR) is 98.5 cm³/mol. The van der Waals surface area contributed by atoms with Crippen LogP contribution in [0, 0.1) is 0 Å². The molecule has 1 aliphatic carbocycles. The van der Waals surface area contributed by atoms with E-state index in [1.165, 1.54) is 0 Å². The molecule has 0 saturated heterocycles. The number of hydrogen-bond acceptors (Lipinski definition) is 3. The van der Waals surface area contributed by atoms with E-state index in [-0.39, 0.29) is 12.1 Å². The molecule has 3 rings (SSSR count). The van der Waals surface area contributed by atoms with Crippen LogP contribution in [0.25, 0.3) is 0 Å². The molecule has 0 radical (unpaired) electrons. The summed E-state index contributed by atoms with van der Waals surface area (Å²) in [4.78, 5) is 12.6. The van der Waals surface area contributed by atoms with Crippen molar-refractivity contribution in [2.75, 3.05) is 0 Å². The molecule has 0 aromatic heterocycles. The lowest BCUT2D eigenvalue weighted by Gasteiger charge is -2.46. The molecule has 0 spiro atoms. The minimum atomic E-state index is -0.538. The van der Waals surface area contributed by atoms with Crippen LogP contribution in [0.15, 0.2) is 60.7 Å². The van der Waals surface area contributed by atoms with Crippen molar-refractivity contribution in [2.45, 2.75) is 56.7 Å². The fraction of sp³-hybridized carbons (Fsp3) is 0.409. The van der Waals surface area contributed by atoms with Crippen LogP contribution in [0.1, 0.15) is 54.9 Å². The van der Waals surface area contributed by atoms with Gasteiger partial charge in [0.05, 0.1) is 17.1 Å². The third-order valence-corrected chi connectivity index (χ3v) is 5.43. The summed E-state index contributed by atoms with van der Waals surface area (Å²) < 4.78 is 5.97. The number of carbonyl (C=O) groups is 1. The van der Waals surface area contributed by atoms with Gasteiger partial charge < -0.3 is 9.84 Å². The number of aliphatic hydroxyl groups excluding tert-OH is 1. The van der Waals surface area contributed by atoms with E-state index >= 15 is 0 Å². The van der Waals surface area contributed by atoms with Gasteiger partial charge in [-0.15, -0.1) is 0 Å². The van der Waals surface area contributed by atoms with Crippen LogP contribution in [0.5, 0.6) is 0 Å². The molecule has 25 heavy (non-hydrogen) atoms. The zero-order valence-corrected chi connectivity index (χ0v) is 14.7. The van der Waals surface area contributed by atoms with E-state index in [2.05, 4.69) is 0 Å². The molecule has 0 amide bonds. The Bertz CT molecular complexity index is 683. The number of ether oxygens (including phenoxy) is 1. The van der Waals surface area contributed by atoms with E-state index in [4.69, 9.17) is 4.74 Å². The van der Waals surface area contributed by atoms with Crippen molar-refractivity contribution < 1.29 is 14.6 Å². The minimum Gasteiger partial charge on any atom is -0.458 e. The second-order valence-electron chi connectivity index (χ2n) is 6.84. The van der Waals surface area contributed by atoms with Crippen molar-refractivity contribution in [2.24, 2.45) is 0 Å². The van der Waals surface area contributed by atoms with Crippen molar-refractivity contribution in [3.8, 4) is 0 Å². The SMILES string of the molecule is CC[C@H](O)[C@]1(c2ccccc2)CCCC[C@@H]1OC(=O)c1ccccc1. The molecule has 3 atom stereocenters. The Labute approximate surface area is 149 Å². The lowest BCUT2D eigenvalue weighted by Crippen LogP contribution is -2.52. The molecule has 3 nitrogen and oxygen atoms in total. The molecular formula is C22H26O3. The molecule has 1 saturated carbocycles. The highest BCUT2D eigenvalue weighted by atomic mass is 16.5. The molecule has 1 fully saturated rings. The maximum Gasteiger partial charge on any atom is 0.338 e. The standard InChI is InChI=1S/C22H26O3/c1-2-19(23)22(18-13-7-4-8-14-18)16-10-9-15-20(22)25-21(24)17-11-5-3-6-12-17/h3-8,11-14,19-20,23H,2,9-10,15-16H2,1H3/t19-,20-,22+/m0/s1. The molecule has 0 bridgehead atoms. The van der Waals surface area contributed by atoms with Gasteiger partial charge >= 0.3 is 5.97 Å². The van der Waals surface area contributed by atoms with Crippen LogP contribution in [0.3, 0.4) is 0 Å². The largest absolute Gasteiger partial charge is 0.458 e. The number of aliphatic hydroxyl groups is 1. The van der Waals surface area contributed by atoms with E-state index in [1.807, 2.05) is 55.5 Å². The van der Waals surface area contributed by atoms with Gasteiger partial charge in [0, 0.05) is 0 Å². The Morgan fingerprint density at radius 3 is 2.40 bits per heavy atom. The molecule has 2 aromatic rings. The van der Waals surface area contributed by atoms with Gasteiger partial charge in [-0.2, -0.15) is 0 Å². The third-order valence-electron chi connectivity index (χ3n) is 5.43. The van der Waals surface area contributed by atoms with E-state index < -0.39 is 11.5 Å². The van der Waals surface area contributed by atoms with Crippen LogP contribution in [-0.4, -0.2) is 23.3 Å². The lowest BCUT2D eigenvalue weighted by molar-refractivity contribution is -0.0587. The number of esters is 1. The minimum absolute atomic E-state index is 0.309. The Kier molecular flexibility index (Phi) is 5.54. The second-order valence-corrected chi connectivity index (χ2v) is 6.84. The summed E-state index contributed by atoms with van der Waals surface area (Å²) in [7, 11) is 0. The normalized spacial score (nSPS) is 24.5. The first-order valence-electron chi connectivity index (χ1n) is 9.18. The van der Waals surface area contributed by atoms with Gasteiger partial charge in [0.1, 0.15) is 6.10 Å². The van der Waals surface area contributed by atoms with Crippen molar-refractivity contribution in [1.29, 1.82) is 0 Å². The van der Waals surface area contributed by atoms with Crippen LogP contribution in [-0.2, 0) is 10.2 Å². The molecule has 1 N–H and O–H groups in total. The van der Waals surface area contributed by atoms with Crippen LogP contribution >= 0.6 is 0 Å². The average Bonchev–Trinajstić information content (AvgIpc) is 2.69. The van der Waals surface area contributed by atoms with Crippen LogP contribution in [0.2, 0.25) is 0 Å². The summed E-state index contributed by atoms with van der Waals surface area (Å²) in [5.74, 6) is -0.309. The summed E-state index contributed by atoms with van der Waals surface area (Å²) in [6, 6.07) is 19.1. The van der Waals surface area contributed by atoms with E-state index in [1.54, 1.807) is 12.1 Å². The number of rotatable bonds is 5. The zero-order valence-electron chi connectivity index (χ0n) is 14.7. The molecular weight excluding hydrogens is 312 g/mol. The molecule has 3 heteroatoms. The zero-order chi connectivity index (χ0) is 17.7. The lowest BCUT2D eigenvalue weighted by atomic mass is 9.63. The van der Waals surface area contributed by atoms with Crippen LogP contribution in [0.4, 0.5) is 0 Å². The first-order chi connectivity index (χ1) is 12.2. The molecule has 0 heterocycles. The smallest absolute Gasteiger partial charge is 0.338 e. The van der Waals surface area contributed by atoms with Gasteiger partial charge in [-0.3, -0.25) is 0 Å². The summed E-state index contributed by atoms with van der Waals surface area (Å²) in [5.41, 5.74) is 1.09. The van der Waals surface area contributed by atoms with E-state index in [0.29, 0.717) is 12.0 Å². The molecule has 0 unspecified atom stereocenters. The maximum atomic E-state index is 12.6. The van der Waals surface area contributed by atoms with Gasteiger partial charge in [-0.25, -0.2) is 4.79 Å². The summed E-state index contributed by atoms with van der Waals surface area (Å²) in [6.45, 7) is 1.99. The molecule has 1 aliphatic rings.